The smallest absolute Gasteiger partial charge is 0.162 e. The second kappa shape index (κ2) is 5.04. The Morgan fingerprint density at radius 3 is 2.65 bits per heavy atom. The van der Waals surface area contributed by atoms with Crippen LogP contribution in [-0.4, -0.2) is 25.0 Å². The molecule has 1 aromatic carbocycles. The third-order valence-corrected chi connectivity index (χ3v) is 3.71. The molecule has 1 atom stereocenters. The Morgan fingerprint density at radius 1 is 1.20 bits per heavy atom. The number of nitrogens with zero attached hydrogens (tertiary/aromatic N) is 2. The van der Waals surface area contributed by atoms with Gasteiger partial charge in [-0.1, -0.05) is 6.92 Å². The van der Waals surface area contributed by atoms with Gasteiger partial charge in [0.2, 0.25) is 0 Å². The van der Waals surface area contributed by atoms with Crippen LogP contribution < -0.4 is 9.47 Å². The summed E-state index contributed by atoms with van der Waals surface area (Å²) in [5.74, 6) is 1.48. The van der Waals surface area contributed by atoms with Gasteiger partial charge < -0.3 is 14.0 Å². The zero-order valence-corrected chi connectivity index (χ0v) is 12.0. The lowest BCUT2D eigenvalue weighted by Gasteiger charge is -2.18. The molecule has 2 heterocycles. The first-order chi connectivity index (χ1) is 9.78. The van der Waals surface area contributed by atoms with Crippen molar-refractivity contribution in [1.82, 2.24) is 4.57 Å². The molecule has 1 aliphatic rings. The van der Waals surface area contributed by atoms with Crippen molar-refractivity contribution in [3.8, 4) is 17.2 Å². The number of benzene rings is 1. The highest BCUT2D eigenvalue weighted by Crippen LogP contribution is 2.38. The lowest BCUT2D eigenvalue weighted by atomic mass is 10.0. The van der Waals surface area contributed by atoms with Crippen LogP contribution in [0.3, 0.4) is 0 Å². The number of aliphatic imine (C=N–C) groups is 1. The Morgan fingerprint density at radius 2 is 1.95 bits per heavy atom. The minimum absolute atomic E-state index is 0.143. The Hall–Kier alpha value is -2.23. The van der Waals surface area contributed by atoms with E-state index in [1.165, 1.54) is 0 Å². The molecule has 0 fully saturated rings. The molecule has 0 bridgehead atoms. The monoisotopic (exact) mass is 270 g/mol. The molecule has 4 nitrogen and oxygen atoms in total. The first-order valence-electron chi connectivity index (χ1n) is 6.75. The van der Waals surface area contributed by atoms with Crippen molar-refractivity contribution in [2.45, 2.75) is 19.4 Å². The van der Waals surface area contributed by atoms with Gasteiger partial charge in [-0.2, -0.15) is 0 Å². The van der Waals surface area contributed by atoms with Crippen LogP contribution in [-0.2, 0) is 0 Å². The van der Waals surface area contributed by atoms with Crippen LogP contribution in [0.15, 0.2) is 35.5 Å². The number of fused-ring (bicyclic) bond motifs is 3. The van der Waals surface area contributed by atoms with E-state index in [2.05, 4.69) is 22.5 Å². The lowest BCUT2D eigenvalue weighted by molar-refractivity contribution is 0.354. The van der Waals surface area contributed by atoms with E-state index in [0.717, 1.165) is 34.9 Å². The van der Waals surface area contributed by atoms with E-state index < -0.39 is 0 Å². The van der Waals surface area contributed by atoms with Crippen molar-refractivity contribution in [3.05, 3.63) is 41.7 Å². The van der Waals surface area contributed by atoms with Gasteiger partial charge in [-0.3, -0.25) is 4.99 Å². The standard InChI is InChI=1S/C16H18N2O2/c1-4-13-12-8-15(19-2)16(20-3)9-14(12)18-7-5-6-11(18)10-17-13/h5-10,13H,4H2,1-3H3/t13-/m0/s1. The van der Waals surface area contributed by atoms with Crippen molar-refractivity contribution < 1.29 is 9.47 Å². The Bertz CT molecular complexity index is 658. The van der Waals surface area contributed by atoms with Crippen LogP contribution in [0.2, 0.25) is 0 Å². The molecule has 1 aromatic heterocycles. The Labute approximate surface area is 118 Å². The van der Waals surface area contributed by atoms with Crippen LogP contribution in [0.4, 0.5) is 0 Å². The molecule has 0 amide bonds. The van der Waals surface area contributed by atoms with E-state index in [1.54, 1.807) is 14.2 Å². The molecule has 0 aliphatic carbocycles. The minimum atomic E-state index is 0.143. The maximum Gasteiger partial charge on any atom is 0.162 e. The van der Waals surface area contributed by atoms with Gasteiger partial charge in [0.15, 0.2) is 11.5 Å². The highest BCUT2D eigenvalue weighted by Gasteiger charge is 2.21. The molecule has 0 N–H and O–H groups in total. The van der Waals surface area contributed by atoms with E-state index in [4.69, 9.17) is 9.47 Å². The van der Waals surface area contributed by atoms with Gasteiger partial charge in [-0.05, 0) is 24.6 Å². The minimum Gasteiger partial charge on any atom is -0.493 e. The molecule has 20 heavy (non-hydrogen) atoms. The largest absolute Gasteiger partial charge is 0.493 e. The summed E-state index contributed by atoms with van der Waals surface area (Å²) in [5, 5.41) is 0. The molecule has 104 valence electrons. The quantitative estimate of drug-likeness (QED) is 0.857. The first kappa shape index (κ1) is 12.8. The molecule has 0 saturated heterocycles. The SMILES string of the molecule is CC[C@@H]1N=Cc2cccn2-c2cc(OC)c(OC)cc21. The van der Waals surface area contributed by atoms with E-state index in [0.29, 0.717) is 0 Å². The van der Waals surface area contributed by atoms with Crippen LogP contribution in [0.1, 0.15) is 30.6 Å². The number of ether oxygens (including phenoxy) is 2. The summed E-state index contributed by atoms with van der Waals surface area (Å²) in [6.07, 6.45) is 4.93. The molecule has 0 spiro atoms. The number of rotatable bonds is 3. The van der Waals surface area contributed by atoms with Crippen molar-refractivity contribution in [1.29, 1.82) is 0 Å². The van der Waals surface area contributed by atoms with Crippen molar-refractivity contribution >= 4 is 6.21 Å². The maximum atomic E-state index is 5.42. The molecule has 3 rings (SSSR count). The van der Waals surface area contributed by atoms with E-state index in [1.807, 2.05) is 30.6 Å². The highest BCUT2D eigenvalue weighted by atomic mass is 16.5. The average Bonchev–Trinajstić information content (AvgIpc) is 2.90. The molecule has 2 aromatic rings. The predicted molar refractivity (Wildman–Crippen MR) is 79.5 cm³/mol. The van der Waals surface area contributed by atoms with Crippen LogP contribution >= 0.6 is 0 Å². The number of hydrogen-bond donors (Lipinski definition) is 0. The van der Waals surface area contributed by atoms with Crippen molar-refractivity contribution in [2.24, 2.45) is 4.99 Å². The fourth-order valence-corrected chi connectivity index (χ4v) is 2.65. The molecule has 4 heteroatoms. The normalized spacial score (nSPS) is 16.2. The second-order valence-corrected chi connectivity index (χ2v) is 4.77. The number of methoxy groups -OCH3 is 2. The highest BCUT2D eigenvalue weighted by molar-refractivity contribution is 5.80. The van der Waals surface area contributed by atoms with Gasteiger partial charge >= 0.3 is 0 Å². The fraction of sp³-hybridized carbons (Fsp3) is 0.312. The van der Waals surface area contributed by atoms with Crippen LogP contribution in [0.5, 0.6) is 11.5 Å². The Balaban J connectivity index is 2.28. The molecular weight excluding hydrogens is 252 g/mol. The van der Waals surface area contributed by atoms with Crippen LogP contribution in [0, 0.1) is 0 Å². The maximum absolute atomic E-state index is 5.42. The third kappa shape index (κ3) is 1.88. The van der Waals surface area contributed by atoms with Gasteiger partial charge in [0, 0.05) is 24.0 Å². The lowest BCUT2D eigenvalue weighted by Crippen LogP contribution is -2.03. The predicted octanol–water partition coefficient (Wildman–Crippen LogP) is 3.38. The average molecular weight is 270 g/mol. The summed E-state index contributed by atoms with van der Waals surface area (Å²) in [6, 6.07) is 8.28. The summed E-state index contributed by atoms with van der Waals surface area (Å²) in [4.78, 5) is 4.69. The van der Waals surface area contributed by atoms with Gasteiger partial charge in [0.1, 0.15) is 0 Å². The third-order valence-electron chi connectivity index (χ3n) is 3.71. The zero-order chi connectivity index (χ0) is 14.1. The Kier molecular flexibility index (Phi) is 3.22. The summed E-state index contributed by atoms with van der Waals surface area (Å²) < 4.78 is 13.0. The van der Waals surface area contributed by atoms with Gasteiger partial charge in [0.25, 0.3) is 0 Å². The molecule has 0 radical (unpaired) electrons. The van der Waals surface area contributed by atoms with Gasteiger partial charge in [-0.25, -0.2) is 0 Å². The summed E-state index contributed by atoms with van der Waals surface area (Å²) in [5.41, 5.74) is 3.35. The molecule has 1 aliphatic heterocycles. The molecule has 0 saturated carbocycles. The molecular formula is C16H18N2O2. The van der Waals surface area contributed by atoms with Gasteiger partial charge in [-0.15, -0.1) is 0 Å². The number of hydrogen-bond acceptors (Lipinski definition) is 3. The summed E-state index contributed by atoms with van der Waals surface area (Å²) in [7, 11) is 3.32. The topological polar surface area (TPSA) is 35.8 Å². The van der Waals surface area contributed by atoms with Crippen LogP contribution in [0.25, 0.3) is 5.69 Å². The first-order valence-corrected chi connectivity index (χ1v) is 6.75. The molecule has 0 unspecified atom stereocenters. The number of aromatic nitrogens is 1. The van der Waals surface area contributed by atoms with Crippen molar-refractivity contribution in [3.63, 3.8) is 0 Å². The summed E-state index contributed by atoms with van der Waals surface area (Å²) in [6.45, 7) is 2.14. The van der Waals surface area contributed by atoms with Crippen molar-refractivity contribution in [2.75, 3.05) is 14.2 Å². The fourth-order valence-electron chi connectivity index (χ4n) is 2.65. The van der Waals surface area contributed by atoms with E-state index in [-0.39, 0.29) is 6.04 Å². The van der Waals surface area contributed by atoms with Gasteiger partial charge in [0.05, 0.1) is 31.6 Å². The second-order valence-electron chi connectivity index (χ2n) is 4.77. The van der Waals surface area contributed by atoms with E-state index in [9.17, 15) is 0 Å². The van der Waals surface area contributed by atoms with E-state index >= 15 is 0 Å². The zero-order valence-electron chi connectivity index (χ0n) is 12.0. The summed E-state index contributed by atoms with van der Waals surface area (Å²) >= 11 is 0.